The summed E-state index contributed by atoms with van der Waals surface area (Å²) in [6.45, 7) is 0. The minimum Gasteiger partial charge on any atom is -0.325 e. The van der Waals surface area contributed by atoms with E-state index in [2.05, 4.69) is 10.3 Å². The Balaban J connectivity index is 1.87. The number of halogens is 2. The van der Waals surface area contributed by atoms with E-state index in [1.54, 1.807) is 28.4 Å². The Bertz CT molecular complexity index is 1100. The van der Waals surface area contributed by atoms with Gasteiger partial charge in [-0.25, -0.2) is 27.5 Å². The third-order valence-corrected chi connectivity index (χ3v) is 5.35. The van der Waals surface area contributed by atoms with E-state index in [0.29, 0.717) is 17.3 Å². The van der Waals surface area contributed by atoms with Crippen LogP contribution in [0, 0.1) is 11.6 Å². The average Bonchev–Trinajstić information content (AvgIpc) is 3.12. The van der Waals surface area contributed by atoms with Crippen LogP contribution in [0.15, 0.2) is 41.9 Å². The van der Waals surface area contributed by atoms with Crippen molar-refractivity contribution in [3.8, 4) is 0 Å². The van der Waals surface area contributed by atoms with Gasteiger partial charge in [0.1, 0.15) is 17.7 Å². The molecule has 30 heavy (non-hydrogen) atoms. The van der Waals surface area contributed by atoms with Gasteiger partial charge in [-0.2, -0.15) is 0 Å². The number of hydrogen-bond acceptors (Lipinski definition) is 5. The van der Waals surface area contributed by atoms with Crippen molar-refractivity contribution in [3.05, 3.63) is 59.1 Å². The summed E-state index contributed by atoms with van der Waals surface area (Å²) in [5.41, 5.74) is 2.96. The van der Waals surface area contributed by atoms with Gasteiger partial charge in [-0.3, -0.25) is 9.35 Å². The van der Waals surface area contributed by atoms with E-state index >= 15 is 0 Å². The number of benzene rings is 2. The van der Waals surface area contributed by atoms with Crippen LogP contribution in [0.4, 0.5) is 19.3 Å². The van der Waals surface area contributed by atoms with E-state index in [1.807, 2.05) is 0 Å². The van der Waals surface area contributed by atoms with Crippen molar-refractivity contribution >= 4 is 50.4 Å². The lowest BCUT2D eigenvalue weighted by molar-refractivity contribution is -0.120. The van der Waals surface area contributed by atoms with Crippen LogP contribution >= 0.6 is 11.3 Å². The van der Waals surface area contributed by atoms with E-state index < -0.39 is 40.9 Å². The molecule has 2 unspecified atom stereocenters. The Morgan fingerprint density at radius 3 is 2.60 bits per heavy atom. The van der Waals surface area contributed by atoms with Gasteiger partial charge in [-0.15, -0.1) is 11.3 Å². The van der Waals surface area contributed by atoms with Gasteiger partial charge in [-0.05, 0) is 35.9 Å². The van der Waals surface area contributed by atoms with E-state index in [4.69, 9.17) is 4.55 Å². The molecular weight excluding hydrogens is 438 g/mol. The van der Waals surface area contributed by atoms with Crippen LogP contribution in [0.5, 0.6) is 0 Å². The molecule has 0 spiro atoms. The highest BCUT2D eigenvalue weighted by Gasteiger charge is 2.26. The highest BCUT2D eigenvalue weighted by molar-refractivity contribution is 7.77. The summed E-state index contributed by atoms with van der Waals surface area (Å²) in [7, 11) is 1.47. The zero-order chi connectivity index (χ0) is 21.8. The van der Waals surface area contributed by atoms with Crippen LogP contribution < -0.4 is 14.9 Å². The van der Waals surface area contributed by atoms with Crippen LogP contribution in [0.3, 0.4) is 0 Å². The van der Waals surface area contributed by atoms with Crippen molar-refractivity contribution < 1.29 is 27.1 Å². The SMILES string of the molecule is CN(C(=O)C(Cc1cc(F)cc(F)c1)NC(=O)NS(=O)O)c1ccc2scnc2c1. The zero-order valence-electron chi connectivity index (χ0n) is 15.5. The van der Waals surface area contributed by atoms with Gasteiger partial charge in [0.05, 0.1) is 15.7 Å². The van der Waals surface area contributed by atoms with Crippen LogP contribution in [-0.4, -0.2) is 38.8 Å². The van der Waals surface area contributed by atoms with Crippen LogP contribution in [0.25, 0.3) is 10.2 Å². The van der Waals surface area contributed by atoms with Crippen LogP contribution in [-0.2, 0) is 22.5 Å². The number of amides is 3. The maximum Gasteiger partial charge on any atom is 0.329 e. The molecule has 3 amide bonds. The number of nitrogens with one attached hydrogen (secondary N) is 2. The van der Waals surface area contributed by atoms with Crippen molar-refractivity contribution in [3.63, 3.8) is 0 Å². The quantitative estimate of drug-likeness (QED) is 0.496. The first-order valence-corrected chi connectivity index (χ1v) is 10.5. The molecule has 1 heterocycles. The predicted octanol–water partition coefficient (Wildman–Crippen LogP) is 2.58. The molecule has 12 heteroatoms. The molecule has 0 aliphatic carbocycles. The number of carbonyl (C=O) groups excluding carboxylic acids is 2. The lowest BCUT2D eigenvalue weighted by atomic mass is 10.0. The summed E-state index contributed by atoms with van der Waals surface area (Å²) in [5, 5.41) is 2.27. The zero-order valence-corrected chi connectivity index (χ0v) is 17.1. The number of nitrogens with zero attached hydrogens (tertiary/aromatic N) is 2. The first-order chi connectivity index (χ1) is 14.2. The molecule has 158 valence electrons. The second-order valence-electron chi connectivity index (χ2n) is 6.26. The van der Waals surface area contributed by atoms with E-state index in [9.17, 15) is 22.6 Å². The molecule has 3 rings (SSSR count). The van der Waals surface area contributed by atoms with Gasteiger partial charge in [0.15, 0.2) is 0 Å². The van der Waals surface area contributed by atoms with Crippen LogP contribution in [0.1, 0.15) is 5.56 Å². The number of rotatable bonds is 6. The fourth-order valence-electron chi connectivity index (χ4n) is 2.85. The maximum absolute atomic E-state index is 13.5. The molecule has 0 aliphatic rings. The van der Waals surface area contributed by atoms with Gasteiger partial charge in [-0.1, -0.05) is 0 Å². The fourth-order valence-corrected chi connectivity index (χ4v) is 3.72. The smallest absolute Gasteiger partial charge is 0.325 e. The monoisotopic (exact) mass is 454 g/mol. The Hall–Kier alpha value is -2.96. The Labute approximate surface area is 176 Å². The molecule has 2 aromatic carbocycles. The Kier molecular flexibility index (Phi) is 6.70. The van der Waals surface area contributed by atoms with Crippen molar-refractivity contribution in [1.29, 1.82) is 0 Å². The van der Waals surface area contributed by atoms with Crippen molar-refractivity contribution in [2.45, 2.75) is 12.5 Å². The minimum atomic E-state index is -2.65. The molecule has 2 atom stereocenters. The number of likely N-dealkylation sites (N-methyl/N-ethyl adjacent to an activating group) is 1. The second kappa shape index (κ2) is 9.24. The lowest BCUT2D eigenvalue weighted by Gasteiger charge is -2.25. The van der Waals surface area contributed by atoms with E-state index in [0.717, 1.165) is 16.8 Å². The minimum absolute atomic E-state index is 0.125. The van der Waals surface area contributed by atoms with Crippen molar-refractivity contribution in [1.82, 2.24) is 15.0 Å². The van der Waals surface area contributed by atoms with Crippen molar-refractivity contribution in [2.24, 2.45) is 0 Å². The van der Waals surface area contributed by atoms with E-state index in [1.165, 1.54) is 23.3 Å². The standard InChI is InChI=1S/C18H16F2N4O4S2/c1-24(13-2-3-16-14(8-13)21-9-29-16)17(25)15(22-18(26)23-30(27)28)6-10-4-11(19)7-12(20)5-10/h2-5,7-9,15H,6H2,1H3,(H,27,28)(H2,22,23,26). The summed E-state index contributed by atoms with van der Waals surface area (Å²) in [6.07, 6.45) is -0.248. The predicted molar refractivity (Wildman–Crippen MR) is 109 cm³/mol. The van der Waals surface area contributed by atoms with Gasteiger partial charge in [0.25, 0.3) is 11.3 Å². The van der Waals surface area contributed by atoms with Crippen molar-refractivity contribution in [2.75, 3.05) is 11.9 Å². The highest BCUT2D eigenvalue weighted by Crippen LogP contribution is 2.24. The third-order valence-electron chi connectivity index (χ3n) is 4.18. The number of aromatic nitrogens is 1. The summed E-state index contributed by atoms with van der Waals surface area (Å²) >= 11 is -1.21. The Morgan fingerprint density at radius 2 is 1.93 bits per heavy atom. The number of urea groups is 1. The molecule has 0 aliphatic heterocycles. The summed E-state index contributed by atoms with van der Waals surface area (Å²) in [4.78, 5) is 30.4. The van der Waals surface area contributed by atoms with Crippen LogP contribution in [0.2, 0.25) is 0 Å². The number of thiazole rings is 1. The topological polar surface area (TPSA) is 112 Å². The summed E-state index contributed by atoms with van der Waals surface area (Å²) < 4.78 is 49.3. The molecule has 8 nitrogen and oxygen atoms in total. The number of hydrogen-bond donors (Lipinski definition) is 3. The first kappa shape index (κ1) is 21.7. The van der Waals surface area contributed by atoms with Gasteiger partial charge in [0.2, 0.25) is 5.91 Å². The molecule has 0 fully saturated rings. The maximum atomic E-state index is 13.5. The van der Waals surface area contributed by atoms with Gasteiger partial charge < -0.3 is 10.2 Å². The molecule has 0 bridgehead atoms. The first-order valence-electron chi connectivity index (χ1n) is 8.46. The molecule has 3 aromatic rings. The Morgan fingerprint density at radius 1 is 1.23 bits per heavy atom. The second-order valence-corrected chi connectivity index (χ2v) is 7.85. The summed E-state index contributed by atoms with van der Waals surface area (Å²) in [5.74, 6) is -2.27. The molecule has 3 N–H and O–H groups in total. The van der Waals surface area contributed by atoms with Gasteiger partial charge in [0, 0.05) is 25.2 Å². The average molecular weight is 454 g/mol. The number of anilines is 1. The molecule has 0 radical (unpaired) electrons. The molecular formula is C18H16F2N4O4S2. The third kappa shape index (κ3) is 5.34. The molecule has 0 saturated heterocycles. The fraction of sp³-hybridized carbons (Fsp3) is 0.167. The number of fused-ring (bicyclic) bond motifs is 1. The largest absolute Gasteiger partial charge is 0.329 e. The summed E-state index contributed by atoms with van der Waals surface area (Å²) in [6, 6.07) is 5.57. The molecule has 1 aromatic heterocycles. The normalized spacial score (nSPS) is 12.9. The van der Waals surface area contributed by atoms with Gasteiger partial charge >= 0.3 is 6.03 Å². The lowest BCUT2D eigenvalue weighted by Crippen LogP contribution is -2.51. The van der Waals surface area contributed by atoms with E-state index in [-0.39, 0.29) is 12.0 Å². The molecule has 0 saturated carbocycles. The number of carbonyl (C=O) groups is 2. The highest BCUT2D eigenvalue weighted by atomic mass is 32.2.